The fourth-order valence-electron chi connectivity index (χ4n) is 3.19. The van der Waals surface area contributed by atoms with Gasteiger partial charge in [-0.05, 0) is 64.5 Å². The summed E-state index contributed by atoms with van der Waals surface area (Å²) >= 11 is 0. The van der Waals surface area contributed by atoms with Gasteiger partial charge in [-0.15, -0.1) is 0 Å². The van der Waals surface area contributed by atoms with Crippen LogP contribution >= 0.6 is 0 Å². The lowest BCUT2D eigenvalue weighted by Gasteiger charge is -2.30. The highest BCUT2D eigenvalue weighted by Crippen LogP contribution is 2.34. The predicted molar refractivity (Wildman–Crippen MR) is 101 cm³/mol. The van der Waals surface area contributed by atoms with Crippen molar-refractivity contribution >= 4 is 16.6 Å². The predicted octanol–water partition coefficient (Wildman–Crippen LogP) is 5.22. The van der Waals surface area contributed by atoms with E-state index >= 15 is 0 Å². The van der Waals surface area contributed by atoms with Crippen molar-refractivity contribution in [2.24, 2.45) is 5.92 Å². The van der Waals surface area contributed by atoms with Crippen molar-refractivity contribution in [2.45, 2.75) is 62.5 Å². The lowest BCUT2D eigenvalue weighted by molar-refractivity contribution is -0.122. The average Bonchev–Trinajstić information content (AvgIpc) is 2.57. The van der Waals surface area contributed by atoms with Crippen LogP contribution in [0.3, 0.4) is 0 Å². The summed E-state index contributed by atoms with van der Waals surface area (Å²) < 4.78 is 12.4. The molecule has 0 N–H and O–H groups in total. The zero-order valence-corrected chi connectivity index (χ0v) is 15.8. The quantitative estimate of drug-likeness (QED) is 0.704. The van der Waals surface area contributed by atoms with Crippen molar-refractivity contribution in [1.82, 2.24) is 0 Å². The van der Waals surface area contributed by atoms with Crippen LogP contribution in [0, 0.1) is 5.92 Å². The Kier molecular flexibility index (Phi) is 6.34. The summed E-state index contributed by atoms with van der Waals surface area (Å²) in [7, 11) is -1.34. The first-order valence-electron chi connectivity index (χ1n) is 8.66. The number of benzene rings is 1. The van der Waals surface area contributed by atoms with Crippen LogP contribution < -0.4 is 0 Å². The summed E-state index contributed by atoms with van der Waals surface area (Å²) in [5, 5.41) is 0. The lowest BCUT2D eigenvalue weighted by atomic mass is 9.84. The molecular formula is C21H28O2S. The number of allylic oxidation sites excluding steroid dienone is 3. The highest BCUT2D eigenvalue weighted by Gasteiger charge is 2.40. The van der Waals surface area contributed by atoms with E-state index in [1.807, 2.05) is 44.2 Å². The van der Waals surface area contributed by atoms with Crippen molar-refractivity contribution in [3.8, 4) is 0 Å². The van der Waals surface area contributed by atoms with Gasteiger partial charge in [0.15, 0.2) is 5.78 Å². The summed E-state index contributed by atoms with van der Waals surface area (Å²) in [5.74, 6) is 0.239. The maximum absolute atomic E-state index is 13.2. The van der Waals surface area contributed by atoms with Gasteiger partial charge in [0.05, 0.1) is 10.8 Å². The number of Topliss-reactive ketones (excluding diaryl/α,β-unsaturated/α-hetero) is 1. The number of carbonyl (C=O) groups excluding carboxylic acids is 1. The van der Waals surface area contributed by atoms with Crippen LogP contribution in [0.2, 0.25) is 0 Å². The van der Waals surface area contributed by atoms with Gasteiger partial charge >= 0.3 is 0 Å². The Hall–Kier alpha value is -1.48. The summed E-state index contributed by atoms with van der Waals surface area (Å²) in [5.41, 5.74) is 2.38. The van der Waals surface area contributed by atoms with Crippen LogP contribution in [0.25, 0.3) is 0 Å². The molecule has 2 nitrogen and oxygen atoms in total. The number of carbonyl (C=O) groups is 1. The molecule has 0 amide bonds. The molecule has 0 radical (unpaired) electrons. The van der Waals surface area contributed by atoms with Gasteiger partial charge in [0.25, 0.3) is 0 Å². The van der Waals surface area contributed by atoms with Crippen molar-refractivity contribution in [2.75, 3.05) is 0 Å². The van der Waals surface area contributed by atoms with Crippen LogP contribution in [0.15, 0.2) is 59.0 Å². The van der Waals surface area contributed by atoms with Gasteiger partial charge in [-0.2, -0.15) is 0 Å². The topological polar surface area (TPSA) is 34.1 Å². The molecule has 0 heterocycles. The highest BCUT2D eigenvalue weighted by atomic mass is 32.2. The standard InChI is InChI=1S/C21H28O2S/c1-16(2)18-13-12-17(3)9-8-14-21(4,20(22)15-18)24(23)19-10-6-5-7-11-19/h5-7,10-12,18H,1,8-9,13-15H2,2-4H3/b17-12-/t18-,21?,24?/m1/s1. The van der Waals surface area contributed by atoms with Crippen LogP contribution in [-0.2, 0) is 15.6 Å². The molecule has 2 rings (SSSR count). The molecule has 0 bridgehead atoms. The fraction of sp³-hybridized carbons (Fsp3) is 0.476. The fourth-order valence-corrected chi connectivity index (χ4v) is 4.73. The van der Waals surface area contributed by atoms with Gasteiger partial charge < -0.3 is 0 Å². The third-order valence-corrected chi connectivity index (χ3v) is 7.01. The first-order chi connectivity index (χ1) is 11.3. The van der Waals surface area contributed by atoms with Gasteiger partial charge in [-0.1, -0.05) is 42.0 Å². The molecule has 1 aliphatic carbocycles. The lowest BCUT2D eigenvalue weighted by Crippen LogP contribution is -2.41. The minimum Gasteiger partial charge on any atom is -0.298 e. The van der Waals surface area contributed by atoms with Crippen LogP contribution in [0.4, 0.5) is 0 Å². The van der Waals surface area contributed by atoms with Crippen LogP contribution in [0.1, 0.15) is 52.9 Å². The van der Waals surface area contributed by atoms with E-state index in [1.165, 1.54) is 5.57 Å². The maximum Gasteiger partial charge on any atom is 0.152 e. The molecule has 0 fully saturated rings. The van der Waals surface area contributed by atoms with E-state index in [0.29, 0.717) is 12.8 Å². The first kappa shape index (κ1) is 18.9. The number of ketones is 1. The molecule has 0 aliphatic heterocycles. The molecule has 3 atom stereocenters. The summed E-state index contributed by atoms with van der Waals surface area (Å²) in [4.78, 5) is 13.9. The van der Waals surface area contributed by atoms with Crippen LogP contribution in [0.5, 0.6) is 0 Å². The zero-order chi connectivity index (χ0) is 17.7. The summed E-state index contributed by atoms with van der Waals surface area (Å²) in [6.45, 7) is 10.1. The minimum absolute atomic E-state index is 0.102. The Morgan fingerprint density at radius 1 is 1.29 bits per heavy atom. The number of rotatable bonds is 3. The molecule has 0 saturated carbocycles. The van der Waals surface area contributed by atoms with E-state index in [1.54, 1.807) is 0 Å². The minimum atomic E-state index is -1.34. The maximum atomic E-state index is 13.2. The van der Waals surface area contributed by atoms with E-state index < -0.39 is 15.5 Å². The molecule has 24 heavy (non-hydrogen) atoms. The molecule has 1 aromatic carbocycles. The van der Waals surface area contributed by atoms with Gasteiger partial charge in [0, 0.05) is 11.3 Å². The molecule has 2 unspecified atom stereocenters. The molecule has 0 spiro atoms. The Bertz CT molecular complexity index is 660. The van der Waals surface area contributed by atoms with E-state index in [9.17, 15) is 9.00 Å². The van der Waals surface area contributed by atoms with E-state index in [2.05, 4.69) is 19.6 Å². The third-order valence-electron chi connectivity index (χ3n) is 5.06. The summed E-state index contributed by atoms with van der Waals surface area (Å²) in [6.07, 6.45) is 6.01. The van der Waals surface area contributed by atoms with Gasteiger partial charge in [-0.25, -0.2) is 0 Å². The Balaban J connectivity index is 2.35. The van der Waals surface area contributed by atoms with Gasteiger partial charge in [-0.3, -0.25) is 9.00 Å². The van der Waals surface area contributed by atoms with Crippen molar-refractivity contribution in [3.63, 3.8) is 0 Å². The Morgan fingerprint density at radius 2 is 1.96 bits per heavy atom. The monoisotopic (exact) mass is 344 g/mol. The zero-order valence-electron chi connectivity index (χ0n) is 15.0. The van der Waals surface area contributed by atoms with Crippen molar-refractivity contribution in [3.05, 3.63) is 54.1 Å². The number of hydrogen-bond acceptors (Lipinski definition) is 2. The van der Waals surface area contributed by atoms with E-state index in [4.69, 9.17) is 0 Å². The molecule has 0 saturated heterocycles. The third kappa shape index (κ3) is 4.32. The molecule has 3 heteroatoms. The molecule has 1 aromatic rings. The second-order valence-electron chi connectivity index (χ2n) is 7.12. The van der Waals surface area contributed by atoms with E-state index in [-0.39, 0.29) is 11.7 Å². The highest BCUT2D eigenvalue weighted by molar-refractivity contribution is 7.87. The SMILES string of the molecule is C=C(C)[C@@H]1C/C=C(/C)CCCC(C)(S(=O)c2ccccc2)C(=O)C1. The first-order valence-corrected chi connectivity index (χ1v) is 9.81. The molecular weight excluding hydrogens is 316 g/mol. The van der Waals surface area contributed by atoms with Gasteiger partial charge in [0.2, 0.25) is 0 Å². The number of hydrogen-bond donors (Lipinski definition) is 0. The Labute approximate surface area is 148 Å². The normalized spacial score (nSPS) is 29.4. The molecule has 1 aliphatic rings. The van der Waals surface area contributed by atoms with Crippen molar-refractivity contribution < 1.29 is 9.00 Å². The second-order valence-corrected chi connectivity index (χ2v) is 9.03. The smallest absolute Gasteiger partial charge is 0.152 e. The van der Waals surface area contributed by atoms with E-state index in [0.717, 1.165) is 29.7 Å². The molecule has 130 valence electrons. The van der Waals surface area contributed by atoms with Crippen molar-refractivity contribution in [1.29, 1.82) is 0 Å². The molecule has 0 aromatic heterocycles. The second kappa shape index (κ2) is 8.06. The van der Waals surface area contributed by atoms with Crippen LogP contribution in [-0.4, -0.2) is 14.7 Å². The Morgan fingerprint density at radius 3 is 2.58 bits per heavy atom. The summed E-state index contributed by atoms with van der Waals surface area (Å²) in [6, 6.07) is 9.38. The largest absolute Gasteiger partial charge is 0.298 e. The average molecular weight is 345 g/mol. The van der Waals surface area contributed by atoms with Gasteiger partial charge in [0.1, 0.15) is 4.75 Å².